The van der Waals surface area contributed by atoms with Crippen LogP contribution in [-0.4, -0.2) is 136 Å². The van der Waals surface area contributed by atoms with Crippen LogP contribution in [0.25, 0.3) is 33.4 Å². The summed E-state index contributed by atoms with van der Waals surface area (Å²) < 4.78 is 14.3. The predicted molar refractivity (Wildman–Crippen MR) is 289 cm³/mol. The Balaban J connectivity index is 0.00000252. The molecule has 4 aliphatic heterocycles. The number of carbonyl (C=O) groups is 4. The Morgan fingerprint density at radius 1 is 1.04 bits per heavy atom. The summed E-state index contributed by atoms with van der Waals surface area (Å²) >= 11 is 1.44. The highest BCUT2D eigenvalue weighted by molar-refractivity contribution is 7.59. The minimum atomic E-state index is -1.03. The minimum Gasteiger partial charge on any atom is -0.464 e. The van der Waals surface area contributed by atoms with Crippen LogP contribution in [0.4, 0.5) is 4.79 Å². The van der Waals surface area contributed by atoms with Crippen LogP contribution in [0.1, 0.15) is 89.6 Å². The number of cyclic esters (lactones) is 1. The number of ether oxygens (including phenoxy) is 2. The molecule has 376 valence electrons. The van der Waals surface area contributed by atoms with Crippen molar-refractivity contribution in [2.24, 2.45) is 11.3 Å². The summed E-state index contributed by atoms with van der Waals surface area (Å²) in [5.41, 5.74) is 9.44. The van der Waals surface area contributed by atoms with Crippen molar-refractivity contribution in [2.75, 3.05) is 53.5 Å². The molecule has 0 unspecified atom stereocenters. The first kappa shape index (κ1) is 57.1. The lowest BCUT2D eigenvalue weighted by Crippen LogP contribution is -2.65. The van der Waals surface area contributed by atoms with Crippen LogP contribution in [0.2, 0.25) is 0 Å². The predicted octanol–water partition coefficient (Wildman–Crippen LogP) is 6.51. The Labute approximate surface area is 433 Å². The van der Waals surface area contributed by atoms with Gasteiger partial charge < -0.3 is 29.2 Å². The normalized spacial score (nSPS) is 20.7. The third kappa shape index (κ3) is 11.8. The van der Waals surface area contributed by atoms with Crippen molar-refractivity contribution in [3.05, 3.63) is 58.2 Å². The van der Waals surface area contributed by atoms with Crippen LogP contribution in [0.5, 0.6) is 0 Å². The van der Waals surface area contributed by atoms with Gasteiger partial charge in [0.1, 0.15) is 18.1 Å². The standard InChI is InChI=1S/C48H65N9O6S.4H2S/c1-9-56-39-17-16-31-22-34(39)35(43(56)33-14-12-18-49-41(33)30(4)62-8)24-48(5,6)28-63-46(60)36-15-13-21-57(52-36)45(59)37(23-40-50-38(31)27-64-40)51-44(58)42(29(2)3)53(7)47(61)55-25-32(26-55)54-19-10-11-20-54;;;;/h12,14,16-18,22,27,29-30,32,36-37,42,52H,9-11,13,15,19-21,23-26,28H2,1-8H3,(H,51,58);4*1H2/t30-,36-,37-,42-;;;;/m0..../s1. The van der Waals surface area contributed by atoms with Gasteiger partial charge in [-0.25, -0.2) is 15.2 Å². The summed E-state index contributed by atoms with van der Waals surface area (Å²) in [5.74, 6) is -1.47. The number of likely N-dealkylation sites (tertiary alicyclic amines) is 2. The average Bonchev–Trinajstić information content (AvgIpc) is 4.04. The summed E-state index contributed by atoms with van der Waals surface area (Å²) in [6, 6.07) is 8.03. The van der Waals surface area contributed by atoms with E-state index in [1.807, 2.05) is 32.2 Å². The molecule has 3 fully saturated rings. The number of thiazole rings is 1. The molecule has 3 saturated heterocycles. The number of aryl methyl sites for hydroxylation is 1. The number of carbonyl (C=O) groups excluding carboxylic acids is 4. The largest absolute Gasteiger partial charge is 0.464 e. The molecule has 68 heavy (non-hydrogen) atoms. The fraction of sp³-hybridized carbons (Fsp3) is 0.583. The van der Waals surface area contributed by atoms with E-state index in [9.17, 15) is 19.2 Å². The van der Waals surface area contributed by atoms with Crippen molar-refractivity contribution in [3.8, 4) is 22.5 Å². The number of aromatic nitrogens is 3. The Morgan fingerprint density at radius 2 is 1.76 bits per heavy atom. The van der Waals surface area contributed by atoms with E-state index in [4.69, 9.17) is 19.4 Å². The highest BCUT2D eigenvalue weighted by Gasteiger charge is 2.42. The molecule has 0 aliphatic carbocycles. The second kappa shape index (κ2) is 24.1. The van der Waals surface area contributed by atoms with E-state index >= 15 is 0 Å². The van der Waals surface area contributed by atoms with Gasteiger partial charge in [-0.05, 0) is 94.8 Å². The Kier molecular flexibility index (Phi) is 20.2. The van der Waals surface area contributed by atoms with E-state index in [1.54, 1.807) is 25.3 Å². The summed E-state index contributed by atoms with van der Waals surface area (Å²) in [6.07, 6.45) is 5.70. The summed E-state index contributed by atoms with van der Waals surface area (Å²) in [4.78, 5) is 72.4. The zero-order valence-electron chi connectivity index (χ0n) is 40.7. The number of hydrogen-bond donors (Lipinski definition) is 2. The molecule has 6 bridgehead atoms. The van der Waals surface area contributed by atoms with Crippen molar-refractivity contribution in [3.63, 3.8) is 0 Å². The SMILES string of the molecule is CCn1c(-c2cccnc2[C@H](C)OC)c2c3cc(ccc31)-c1csc(n1)C[C@H](NC(=O)[C@H](C(C)C)N(C)C(=O)N1CC(N3CCCC3)C1)C(=O)N1CCC[C@H](N1)C(=O)OCC(C)(C)C2.S.S.S.S. The topological polar surface area (TPSA) is 154 Å². The number of likely N-dealkylation sites (N-methyl/N-ethyl adjacent to an activating group) is 1. The number of nitrogens with one attached hydrogen (secondary N) is 2. The third-order valence-electron chi connectivity index (χ3n) is 13.6. The Morgan fingerprint density at radius 3 is 2.44 bits per heavy atom. The number of rotatable bonds is 9. The highest BCUT2D eigenvalue weighted by Crippen LogP contribution is 2.42. The van der Waals surface area contributed by atoms with Gasteiger partial charge in [-0.2, -0.15) is 54.0 Å². The van der Waals surface area contributed by atoms with Crippen LogP contribution in [-0.2, 0) is 43.2 Å². The zero-order valence-corrected chi connectivity index (χ0v) is 45.5. The maximum atomic E-state index is 14.6. The molecule has 2 N–H and O–H groups in total. The molecule has 1 aromatic carbocycles. The van der Waals surface area contributed by atoms with Crippen molar-refractivity contribution in [1.29, 1.82) is 0 Å². The fourth-order valence-corrected chi connectivity index (χ4v) is 10.9. The average molecular weight is 1030 g/mol. The quantitative estimate of drug-likeness (QED) is 0.178. The van der Waals surface area contributed by atoms with Gasteiger partial charge in [0.15, 0.2) is 0 Å². The van der Waals surface area contributed by atoms with Crippen LogP contribution >= 0.6 is 65.3 Å². The van der Waals surface area contributed by atoms with E-state index in [1.165, 1.54) is 34.1 Å². The molecular weight excluding hydrogens is 959 g/mol. The molecular formula is C48H73N9O6S5. The second-order valence-electron chi connectivity index (χ2n) is 19.2. The lowest BCUT2D eigenvalue weighted by Gasteiger charge is -2.46. The molecule has 15 nitrogen and oxygen atoms in total. The van der Waals surface area contributed by atoms with Crippen molar-refractivity contribution in [2.45, 2.75) is 117 Å². The van der Waals surface area contributed by atoms with Crippen LogP contribution in [0.15, 0.2) is 41.9 Å². The Hall–Kier alpha value is -3.50. The number of esters is 1. The number of methoxy groups -OCH3 is 1. The number of urea groups is 1. The number of nitrogens with zero attached hydrogens (tertiary/aromatic N) is 7. The molecule has 4 amide bonds. The van der Waals surface area contributed by atoms with Gasteiger partial charge in [-0.1, -0.05) is 33.8 Å². The zero-order chi connectivity index (χ0) is 45.4. The van der Waals surface area contributed by atoms with Crippen molar-refractivity contribution >= 4 is 100 Å². The smallest absolute Gasteiger partial charge is 0.324 e. The second-order valence-corrected chi connectivity index (χ2v) is 20.1. The number of amides is 4. The van der Waals surface area contributed by atoms with E-state index in [0.29, 0.717) is 56.5 Å². The van der Waals surface area contributed by atoms with Crippen LogP contribution < -0.4 is 10.7 Å². The van der Waals surface area contributed by atoms with Crippen LogP contribution in [0.3, 0.4) is 0 Å². The molecule has 0 radical (unpaired) electrons. The van der Waals surface area contributed by atoms with Gasteiger partial charge in [0.25, 0.3) is 5.91 Å². The van der Waals surface area contributed by atoms with E-state index in [-0.39, 0.29) is 91.0 Å². The fourth-order valence-electron chi connectivity index (χ4n) is 10.0. The summed E-state index contributed by atoms with van der Waals surface area (Å²) in [6.45, 7) is 16.8. The molecule has 20 heteroatoms. The third-order valence-corrected chi connectivity index (χ3v) is 14.4. The lowest BCUT2D eigenvalue weighted by molar-refractivity contribution is -0.155. The van der Waals surface area contributed by atoms with Gasteiger partial charge in [0, 0.05) is 91.8 Å². The molecule has 3 aromatic heterocycles. The first-order valence-corrected chi connectivity index (χ1v) is 23.9. The maximum absolute atomic E-state index is 14.6. The van der Waals surface area contributed by atoms with Crippen LogP contribution in [0, 0.1) is 11.3 Å². The summed E-state index contributed by atoms with van der Waals surface area (Å²) in [5, 5.41) is 8.26. The molecule has 4 atom stereocenters. The lowest BCUT2D eigenvalue weighted by atomic mass is 9.84. The van der Waals surface area contributed by atoms with Crippen molar-refractivity contribution in [1.82, 2.24) is 45.0 Å². The number of benzene rings is 1. The first-order chi connectivity index (χ1) is 30.7. The number of hydrogen-bond acceptors (Lipinski definition) is 11. The van der Waals surface area contributed by atoms with Gasteiger partial charge in [0.05, 0.1) is 34.8 Å². The van der Waals surface area contributed by atoms with Gasteiger partial charge in [0.2, 0.25) is 5.91 Å². The Bertz CT molecular complexity index is 2380. The molecule has 0 spiro atoms. The maximum Gasteiger partial charge on any atom is 0.324 e. The van der Waals surface area contributed by atoms with E-state index < -0.39 is 35.4 Å². The number of hydrazine groups is 1. The molecule has 7 heterocycles. The minimum absolute atomic E-state index is 0. The van der Waals surface area contributed by atoms with Gasteiger partial charge in [-0.3, -0.25) is 29.3 Å². The van der Waals surface area contributed by atoms with Crippen molar-refractivity contribution < 1.29 is 28.7 Å². The molecule has 4 aliphatic rings. The molecule has 4 aromatic rings. The molecule has 0 saturated carbocycles. The summed E-state index contributed by atoms with van der Waals surface area (Å²) in [7, 11) is 3.37. The van der Waals surface area contributed by atoms with E-state index in [2.05, 4.69) is 65.2 Å². The van der Waals surface area contributed by atoms with Gasteiger partial charge in [-0.15, -0.1) is 11.3 Å². The van der Waals surface area contributed by atoms with Gasteiger partial charge >= 0.3 is 12.0 Å². The number of pyridine rings is 1. The highest BCUT2D eigenvalue weighted by atomic mass is 32.1. The van der Waals surface area contributed by atoms with E-state index in [0.717, 1.165) is 57.8 Å². The monoisotopic (exact) mass is 1030 g/mol. The molecule has 8 rings (SSSR count). The number of fused-ring (bicyclic) bond motifs is 6. The first-order valence-electron chi connectivity index (χ1n) is 23.1.